The van der Waals surface area contributed by atoms with E-state index in [0.29, 0.717) is 6.04 Å². The highest BCUT2D eigenvalue weighted by atomic mass is 79.9. The molecule has 0 aromatic carbocycles. The van der Waals surface area contributed by atoms with Gasteiger partial charge in [0.25, 0.3) is 0 Å². The molecule has 0 saturated carbocycles. The van der Waals surface area contributed by atoms with E-state index in [4.69, 9.17) is 5.73 Å². The SMILES string of the molecule is CCCC1CCCCN1c1ncc(Br)cc1N. The summed E-state index contributed by atoms with van der Waals surface area (Å²) in [6, 6.07) is 2.56. The minimum Gasteiger partial charge on any atom is -0.396 e. The highest BCUT2D eigenvalue weighted by Gasteiger charge is 2.24. The molecule has 1 unspecified atom stereocenters. The molecule has 1 aliphatic heterocycles. The zero-order chi connectivity index (χ0) is 12.3. The molecule has 0 amide bonds. The highest BCUT2D eigenvalue weighted by Crippen LogP contribution is 2.30. The Morgan fingerprint density at radius 2 is 2.35 bits per heavy atom. The number of hydrogen-bond acceptors (Lipinski definition) is 3. The Morgan fingerprint density at radius 3 is 3.06 bits per heavy atom. The Kier molecular flexibility index (Phi) is 4.26. The number of pyridine rings is 1. The molecular weight excluding hydrogens is 278 g/mol. The first-order chi connectivity index (χ1) is 8.22. The molecule has 1 aromatic rings. The summed E-state index contributed by atoms with van der Waals surface area (Å²) in [7, 11) is 0. The normalized spacial score (nSPS) is 20.6. The van der Waals surface area contributed by atoms with Crippen LogP contribution in [0.15, 0.2) is 16.7 Å². The lowest BCUT2D eigenvalue weighted by atomic mass is 9.98. The van der Waals surface area contributed by atoms with Crippen molar-refractivity contribution in [3.05, 3.63) is 16.7 Å². The molecule has 0 radical (unpaired) electrons. The van der Waals surface area contributed by atoms with E-state index in [1.54, 1.807) is 0 Å². The predicted octanol–water partition coefficient (Wildman–Crippen LogP) is 3.59. The first-order valence-electron chi connectivity index (χ1n) is 6.40. The second-order valence-electron chi connectivity index (χ2n) is 4.70. The second kappa shape index (κ2) is 5.71. The molecular formula is C13H20BrN3. The van der Waals surface area contributed by atoms with Gasteiger partial charge in [0.15, 0.2) is 5.82 Å². The summed E-state index contributed by atoms with van der Waals surface area (Å²) < 4.78 is 0.947. The van der Waals surface area contributed by atoms with Crippen molar-refractivity contribution in [2.45, 2.75) is 45.1 Å². The lowest BCUT2D eigenvalue weighted by molar-refractivity contribution is 0.432. The van der Waals surface area contributed by atoms with Crippen molar-refractivity contribution in [2.24, 2.45) is 0 Å². The summed E-state index contributed by atoms with van der Waals surface area (Å²) >= 11 is 3.41. The molecule has 0 spiro atoms. The molecule has 3 nitrogen and oxygen atoms in total. The number of aromatic nitrogens is 1. The lowest BCUT2D eigenvalue weighted by Crippen LogP contribution is -2.40. The van der Waals surface area contributed by atoms with Crippen LogP contribution in [0.1, 0.15) is 39.0 Å². The Balaban J connectivity index is 2.23. The van der Waals surface area contributed by atoms with Gasteiger partial charge in [-0.05, 0) is 47.7 Å². The third kappa shape index (κ3) is 2.92. The zero-order valence-electron chi connectivity index (χ0n) is 10.3. The molecule has 4 heteroatoms. The molecule has 0 bridgehead atoms. The van der Waals surface area contributed by atoms with Gasteiger partial charge in [-0.1, -0.05) is 13.3 Å². The van der Waals surface area contributed by atoms with Crippen molar-refractivity contribution in [2.75, 3.05) is 17.2 Å². The quantitative estimate of drug-likeness (QED) is 0.927. The minimum absolute atomic E-state index is 0.615. The number of nitrogen functional groups attached to an aromatic ring is 1. The van der Waals surface area contributed by atoms with Crippen LogP contribution in [0, 0.1) is 0 Å². The van der Waals surface area contributed by atoms with Gasteiger partial charge in [0.1, 0.15) is 0 Å². The van der Waals surface area contributed by atoms with E-state index in [2.05, 4.69) is 32.7 Å². The number of hydrogen-bond donors (Lipinski definition) is 1. The van der Waals surface area contributed by atoms with Gasteiger partial charge in [-0.15, -0.1) is 0 Å². The molecule has 2 rings (SSSR count). The molecule has 1 aromatic heterocycles. The van der Waals surface area contributed by atoms with Crippen LogP contribution in [-0.4, -0.2) is 17.6 Å². The Bertz CT molecular complexity index is 379. The van der Waals surface area contributed by atoms with Crippen molar-refractivity contribution in [1.82, 2.24) is 4.98 Å². The van der Waals surface area contributed by atoms with Gasteiger partial charge in [0.2, 0.25) is 0 Å². The smallest absolute Gasteiger partial charge is 0.152 e. The molecule has 94 valence electrons. The molecule has 1 saturated heterocycles. The highest BCUT2D eigenvalue weighted by molar-refractivity contribution is 9.10. The van der Waals surface area contributed by atoms with E-state index in [1.165, 1.54) is 32.1 Å². The Labute approximate surface area is 112 Å². The van der Waals surface area contributed by atoms with Gasteiger partial charge in [-0.3, -0.25) is 0 Å². The fourth-order valence-electron chi connectivity index (χ4n) is 2.60. The van der Waals surface area contributed by atoms with Crippen molar-refractivity contribution in [3.63, 3.8) is 0 Å². The van der Waals surface area contributed by atoms with E-state index in [9.17, 15) is 0 Å². The number of anilines is 2. The van der Waals surface area contributed by atoms with Gasteiger partial charge in [-0.2, -0.15) is 0 Å². The maximum absolute atomic E-state index is 6.08. The van der Waals surface area contributed by atoms with Crippen molar-refractivity contribution in [3.8, 4) is 0 Å². The van der Waals surface area contributed by atoms with Crippen LogP contribution in [-0.2, 0) is 0 Å². The predicted molar refractivity (Wildman–Crippen MR) is 76.2 cm³/mol. The molecule has 1 fully saturated rings. The number of halogens is 1. The lowest BCUT2D eigenvalue weighted by Gasteiger charge is -2.37. The van der Waals surface area contributed by atoms with Crippen molar-refractivity contribution < 1.29 is 0 Å². The molecule has 17 heavy (non-hydrogen) atoms. The Hall–Kier alpha value is -0.770. The van der Waals surface area contributed by atoms with Gasteiger partial charge in [-0.25, -0.2) is 4.98 Å². The largest absolute Gasteiger partial charge is 0.396 e. The molecule has 1 atom stereocenters. The van der Waals surface area contributed by atoms with Crippen LogP contribution in [0.2, 0.25) is 0 Å². The monoisotopic (exact) mass is 297 g/mol. The van der Waals surface area contributed by atoms with E-state index in [1.807, 2.05) is 12.3 Å². The van der Waals surface area contributed by atoms with Gasteiger partial charge < -0.3 is 10.6 Å². The van der Waals surface area contributed by atoms with Gasteiger partial charge in [0.05, 0.1) is 5.69 Å². The number of nitrogens with zero attached hydrogens (tertiary/aromatic N) is 2. The fourth-order valence-corrected chi connectivity index (χ4v) is 2.95. The van der Waals surface area contributed by atoms with Gasteiger partial charge >= 0.3 is 0 Å². The van der Waals surface area contributed by atoms with Crippen molar-refractivity contribution >= 4 is 27.4 Å². The van der Waals surface area contributed by atoms with Crippen LogP contribution < -0.4 is 10.6 Å². The standard InChI is InChI=1S/C13H20BrN3/c1-2-5-11-6-3-4-7-17(11)13-12(15)8-10(14)9-16-13/h8-9,11H,2-7,15H2,1H3. The molecule has 2 heterocycles. The number of piperidine rings is 1. The van der Waals surface area contributed by atoms with E-state index in [0.717, 1.165) is 22.5 Å². The van der Waals surface area contributed by atoms with E-state index < -0.39 is 0 Å². The van der Waals surface area contributed by atoms with Crippen LogP contribution in [0.3, 0.4) is 0 Å². The van der Waals surface area contributed by atoms with E-state index >= 15 is 0 Å². The average molecular weight is 298 g/mol. The minimum atomic E-state index is 0.615. The third-order valence-corrected chi connectivity index (χ3v) is 3.82. The zero-order valence-corrected chi connectivity index (χ0v) is 11.9. The summed E-state index contributed by atoms with van der Waals surface area (Å²) in [5.74, 6) is 0.964. The topological polar surface area (TPSA) is 42.2 Å². The first-order valence-corrected chi connectivity index (χ1v) is 7.19. The Morgan fingerprint density at radius 1 is 1.53 bits per heavy atom. The fraction of sp³-hybridized carbons (Fsp3) is 0.615. The number of nitrogens with two attached hydrogens (primary N) is 1. The van der Waals surface area contributed by atoms with Crippen LogP contribution in [0.5, 0.6) is 0 Å². The van der Waals surface area contributed by atoms with Crippen molar-refractivity contribution in [1.29, 1.82) is 0 Å². The van der Waals surface area contributed by atoms with Crippen LogP contribution in [0.4, 0.5) is 11.5 Å². The van der Waals surface area contributed by atoms with Gasteiger partial charge in [0, 0.05) is 23.3 Å². The summed E-state index contributed by atoms with van der Waals surface area (Å²) in [5, 5.41) is 0. The van der Waals surface area contributed by atoms with Crippen LogP contribution in [0.25, 0.3) is 0 Å². The molecule has 0 aliphatic carbocycles. The van der Waals surface area contributed by atoms with E-state index in [-0.39, 0.29) is 0 Å². The summed E-state index contributed by atoms with van der Waals surface area (Å²) in [6.45, 7) is 3.33. The maximum Gasteiger partial charge on any atom is 0.152 e. The third-order valence-electron chi connectivity index (χ3n) is 3.38. The second-order valence-corrected chi connectivity index (χ2v) is 5.61. The average Bonchev–Trinajstić information content (AvgIpc) is 2.31. The summed E-state index contributed by atoms with van der Waals surface area (Å²) in [4.78, 5) is 6.89. The summed E-state index contributed by atoms with van der Waals surface area (Å²) in [6.07, 6.45) is 8.14. The number of rotatable bonds is 3. The maximum atomic E-state index is 6.08. The van der Waals surface area contributed by atoms with Crippen LogP contribution >= 0.6 is 15.9 Å². The molecule has 2 N–H and O–H groups in total. The first kappa shape index (κ1) is 12.7. The molecule has 1 aliphatic rings. The summed E-state index contributed by atoms with van der Waals surface area (Å²) in [5.41, 5.74) is 6.86.